The summed E-state index contributed by atoms with van der Waals surface area (Å²) in [5.74, 6) is 1.08. The highest BCUT2D eigenvalue weighted by atomic mass is 16.5. The highest BCUT2D eigenvalue weighted by Crippen LogP contribution is 2.25. The number of ether oxygens (including phenoxy) is 2. The second-order valence-electron chi connectivity index (χ2n) is 8.82. The topological polar surface area (TPSA) is 96.3 Å². The number of anilines is 1. The van der Waals surface area contributed by atoms with E-state index < -0.39 is 11.8 Å². The maximum Gasteiger partial charge on any atom is 0.309 e. The summed E-state index contributed by atoms with van der Waals surface area (Å²) >= 11 is 0. The molecular weight excluding hydrogens is 472 g/mol. The fraction of sp³-hybridized carbons (Fsp3) is 0.357. The molecule has 0 saturated carbocycles. The zero-order valence-electron chi connectivity index (χ0n) is 21.3. The van der Waals surface area contributed by atoms with Crippen molar-refractivity contribution >= 4 is 17.5 Å². The third-order valence-corrected chi connectivity index (χ3v) is 6.58. The molecule has 2 amide bonds. The zero-order chi connectivity index (χ0) is 26.0. The molecule has 0 bridgehead atoms. The summed E-state index contributed by atoms with van der Waals surface area (Å²) in [7, 11) is 3.28. The summed E-state index contributed by atoms with van der Waals surface area (Å²) in [4.78, 5) is 29.5. The number of nitrogens with zero attached hydrogens (tertiary/aromatic N) is 2. The quantitative estimate of drug-likeness (QED) is 0.408. The molecule has 1 fully saturated rings. The molecule has 2 heterocycles. The fourth-order valence-electron chi connectivity index (χ4n) is 4.44. The van der Waals surface area contributed by atoms with Gasteiger partial charge in [0.25, 0.3) is 0 Å². The van der Waals surface area contributed by atoms with Crippen LogP contribution in [0.3, 0.4) is 0 Å². The second kappa shape index (κ2) is 12.8. The van der Waals surface area contributed by atoms with Gasteiger partial charge in [-0.1, -0.05) is 12.1 Å². The molecule has 4 rings (SSSR count). The van der Waals surface area contributed by atoms with Crippen LogP contribution < -0.4 is 25.0 Å². The van der Waals surface area contributed by atoms with Crippen LogP contribution in [-0.2, 0) is 16.0 Å². The van der Waals surface area contributed by atoms with Crippen molar-refractivity contribution in [1.82, 2.24) is 15.5 Å². The number of piperazine rings is 1. The van der Waals surface area contributed by atoms with Gasteiger partial charge in [-0.3, -0.25) is 14.5 Å². The summed E-state index contributed by atoms with van der Waals surface area (Å²) in [5, 5.41) is 5.49. The van der Waals surface area contributed by atoms with Gasteiger partial charge < -0.3 is 29.4 Å². The standard InChI is InChI=1S/C28H34N4O5/c1-35-23-9-5-21(6-10-23)13-14-29-27(33)28(34)30-20-25(26-4-3-19-37-26)32-17-15-31(16-18-32)22-7-11-24(36-2)12-8-22/h3-12,19,25H,13-18,20H2,1-2H3,(H,29,33)(H,30,34). The first-order valence-corrected chi connectivity index (χ1v) is 12.4. The van der Waals surface area contributed by atoms with Crippen molar-refractivity contribution in [2.45, 2.75) is 12.5 Å². The third kappa shape index (κ3) is 7.04. The lowest BCUT2D eigenvalue weighted by molar-refractivity contribution is -0.139. The number of carbonyl (C=O) groups is 2. The van der Waals surface area contributed by atoms with Crippen LogP contribution in [0.15, 0.2) is 71.3 Å². The van der Waals surface area contributed by atoms with Crippen LogP contribution in [0.5, 0.6) is 11.5 Å². The van der Waals surface area contributed by atoms with Crippen LogP contribution in [0.4, 0.5) is 5.69 Å². The van der Waals surface area contributed by atoms with Gasteiger partial charge in [0.1, 0.15) is 17.3 Å². The molecule has 1 aliphatic heterocycles. The molecule has 2 N–H and O–H groups in total. The number of rotatable bonds is 10. The number of furan rings is 1. The minimum Gasteiger partial charge on any atom is -0.497 e. The minimum absolute atomic E-state index is 0.163. The monoisotopic (exact) mass is 506 g/mol. The molecule has 37 heavy (non-hydrogen) atoms. The number of nitrogens with one attached hydrogen (secondary N) is 2. The van der Waals surface area contributed by atoms with Gasteiger partial charge in [-0.25, -0.2) is 0 Å². The molecule has 0 spiro atoms. The van der Waals surface area contributed by atoms with Crippen LogP contribution in [0.1, 0.15) is 17.4 Å². The average molecular weight is 507 g/mol. The van der Waals surface area contributed by atoms with E-state index in [1.165, 1.54) is 0 Å². The maximum absolute atomic E-state index is 12.5. The van der Waals surface area contributed by atoms with E-state index in [0.29, 0.717) is 13.0 Å². The molecule has 1 atom stereocenters. The lowest BCUT2D eigenvalue weighted by Crippen LogP contribution is -2.50. The lowest BCUT2D eigenvalue weighted by Gasteiger charge is -2.39. The highest BCUT2D eigenvalue weighted by Gasteiger charge is 2.28. The van der Waals surface area contributed by atoms with Crippen molar-refractivity contribution in [1.29, 1.82) is 0 Å². The molecule has 1 saturated heterocycles. The van der Waals surface area contributed by atoms with E-state index in [2.05, 4.69) is 32.6 Å². The van der Waals surface area contributed by atoms with Gasteiger partial charge in [0.2, 0.25) is 0 Å². The van der Waals surface area contributed by atoms with Crippen molar-refractivity contribution in [2.24, 2.45) is 0 Å². The normalized spacial score (nSPS) is 14.6. The first kappa shape index (κ1) is 26.1. The largest absolute Gasteiger partial charge is 0.497 e. The van der Waals surface area contributed by atoms with Gasteiger partial charge in [0.05, 0.1) is 26.5 Å². The lowest BCUT2D eigenvalue weighted by atomic mass is 10.1. The fourth-order valence-corrected chi connectivity index (χ4v) is 4.44. The van der Waals surface area contributed by atoms with Crippen LogP contribution >= 0.6 is 0 Å². The van der Waals surface area contributed by atoms with Crippen molar-refractivity contribution in [3.63, 3.8) is 0 Å². The number of benzene rings is 2. The van der Waals surface area contributed by atoms with Gasteiger partial charge in [-0.15, -0.1) is 0 Å². The Balaban J connectivity index is 1.26. The van der Waals surface area contributed by atoms with Crippen molar-refractivity contribution in [3.05, 3.63) is 78.3 Å². The Morgan fingerprint density at radius 3 is 2.08 bits per heavy atom. The number of hydrogen-bond acceptors (Lipinski definition) is 7. The Labute approximate surface area is 217 Å². The Morgan fingerprint density at radius 2 is 1.49 bits per heavy atom. The zero-order valence-corrected chi connectivity index (χ0v) is 21.3. The van der Waals surface area contributed by atoms with Crippen molar-refractivity contribution in [3.8, 4) is 11.5 Å². The average Bonchev–Trinajstić information content (AvgIpc) is 3.48. The van der Waals surface area contributed by atoms with Crippen molar-refractivity contribution in [2.75, 3.05) is 58.4 Å². The third-order valence-electron chi connectivity index (χ3n) is 6.58. The predicted octanol–water partition coefficient (Wildman–Crippen LogP) is 2.64. The first-order valence-electron chi connectivity index (χ1n) is 12.4. The SMILES string of the molecule is COc1ccc(CCNC(=O)C(=O)NCC(c2ccco2)N2CCN(c3ccc(OC)cc3)CC2)cc1. The van der Waals surface area contributed by atoms with Gasteiger partial charge >= 0.3 is 11.8 Å². The molecular formula is C28H34N4O5. The van der Waals surface area contributed by atoms with Gasteiger partial charge in [0, 0.05) is 45.0 Å². The van der Waals surface area contributed by atoms with Crippen LogP contribution in [0.25, 0.3) is 0 Å². The molecule has 1 aliphatic rings. The number of amides is 2. The smallest absolute Gasteiger partial charge is 0.309 e. The maximum atomic E-state index is 12.5. The van der Waals surface area contributed by atoms with Gasteiger partial charge in [-0.05, 0) is 60.5 Å². The molecule has 2 aromatic carbocycles. The van der Waals surface area contributed by atoms with Crippen LogP contribution in [-0.4, -0.2) is 70.2 Å². The number of methoxy groups -OCH3 is 2. The summed E-state index contributed by atoms with van der Waals surface area (Å²) in [6.45, 7) is 3.91. The summed E-state index contributed by atoms with van der Waals surface area (Å²) < 4.78 is 16.1. The van der Waals surface area contributed by atoms with Crippen molar-refractivity contribution < 1.29 is 23.5 Å². The second-order valence-corrected chi connectivity index (χ2v) is 8.82. The van der Waals surface area contributed by atoms with E-state index in [4.69, 9.17) is 13.9 Å². The van der Waals surface area contributed by atoms with Crippen LogP contribution in [0.2, 0.25) is 0 Å². The van der Waals surface area contributed by atoms with Gasteiger partial charge in [0.15, 0.2) is 0 Å². The Kier molecular flexibility index (Phi) is 9.04. The number of hydrogen-bond donors (Lipinski definition) is 2. The molecule has 0 radical (unpaired) electrons. The van der Waals surface area contributed by atoms with E-state index in [0.717, 1.165) is 54.7 Å². The predicted molar refractivity (Wildman–Crippen MR) is 141 cm³/mol. The Hall–Kier alpha value is -3.98. The summed E-state index contributed by atoms with van der Waals surface area (Å²) in [6.07, 6.45) is 2.25. The summed E-state index contributed by atoms with van der Waals surface area (Å²) in [5.41, 5.74) is 2.20. The molecule has 1 unspecified atom stereocenters. The van der Waals surface area contributed by atoms with E-state index in [1.807, 2.05) is 48.5 Å². The first-order chi connectivity index (χ1) is 18.1. The molecule has 3 aromatic rings. The molecule has 196 valence electrons. The molecule has 9 nitrogen and oxygen atoms in total. The van der Waals surface area contributed by atoms with Gasteiger partial charge in [-0.2, -0.15) is 0 Å². The Bertz CT molecular complexity index is 1120. The van der Waals surface area contributed by atoms with E-state index >= 15 is 0 Å². The molecule has 9 heteroatoms. The number of carbonyl (C=O) groups excluding carboxylic acids is 2. The minimum atomic E-state index is -0.650. The molecule has 0 aliphatic carbocycles. The highest BCUT2D eigenvalue weighted by molar-refractivity contribution is 6.35. The van der Waals surface area contributed by atoms with Crippen LogP contribution in [0, 0.1) is 0 Å². The van der Waals surface area contributed by atoms with E-state index in [-0.39, 0.29) is 12.6 Å². The van der Waals surface area contributed by atoms with E-state index in [1.54, 1.807) is 20.5 Å². The van der Waals surface area contributed by atoms with E-state index in [9.17, 15) is 9.59 Å². The summed E-state index contributed by atoms with van der Waals surface area (Å²) in [6, 6.07) is 19.2. The molecule has 1 aromatic heterocycles. The Morgan fingerprint density at radius 1 is 0.865 bits per heavy atom.